The third kappa shape index (κ3) is 15.9. The highest BCUT2D eigenvalue weighted by atomic mass is 32.1. The Balaban J connectivity index is 0.000000378. The molecule has 0 saturated carbocycles. The molecular formula is C38H51N5O4S. The largest absolute Gasteiger partial charge is 0.414 e. The van der Waals surface area contributed by atoms with Gasteiger partial charge in [0.15, 0.2) is 0 Å². The summed E-state index contributed by atoms with van der Waals surface area (Å²) >= 11 is 1.73. The second-order valence-electron chi connectivity index (χ2n) is 12.1. The molecule has 0 aliphatic rings. The van der Waals surface area contributed by atoms with Crippen LogP contribution < -0.4 is 15.4 Å². The van der Waals surface area contributed by atoms with E-state index in [0.717, 1.165) is 36.1 Å². The van der Waals surface area contributed by atoms with Crippen molar-refractivity contribution in [3.05, 3.63) is 117 Å². The summed E-state index contributed by atoms with van der Waals surface area (Å²) in [5.41, 5.74) is 5.54. The number of amides is 2. The smallest absolute Gasteiger partial charge is 0.410 e. The third-order valence-electron chi connectivity index (χ3n) is 6.71. The number of aryl methyl sites for hydroxylation is 2. The van der Waals surface area contributed by atoms with Crippen molar-refractivity contribution in [3.63, 3.8) is 0 Å². The summed E-state index contributed by atoms with van der Waals surface area (Å²) in [6, 6.07) is 22.7. The van der Waals surface area contributed by atoms with Gasteiger partial charge in [0.1, 0.15) is 17.0 Å². The Morgan fingerprint density at radius 1 is 0.938 bits per heavy atom. The Morgan fingerprint density at radius 3 is 2.23 bits per heavy atom. The average molecular weight is 674 g/mol. The normalized spacial score (nSPS) is 10.4. The van der Waals surface area contributed by atoms with Gasteiger partial charge >= 0.3 is 6.09 Å². The van der Waals surface area contributed by atoms with Crippen molar-refractivity contribution in [1.29, 1.82) is 0 Å². The number of ether oxygens (including phenoxy) is 1. The zero-order chi connectivity index (χ0) is 35.5. The van der Waals surface area contributed by atoms with Gasteiger partial charge < -0.3 is 25.2 Å². The first-order valence-electron chi connectivity index (χ1n) is 16.0. The topological polar surface area (TPSA) is 104 Å². The number of benzene rings is 3. The maximum atomic E-state index is 12.1. The van der Waals surface area contributed by atoms with Crippen LogP contribution in [-0.4, -0.2) is 74.4 Å². The van der Waals surface area contributed by atoms with Gasteiger partial charge in [0.05, 0.1) is 0 Å². The number of nitrogens with one attached hydrogen (secondary N) is 2. The van der Waals surface area contributed by atoms with Crippen molar-refractivity contribution < 1.29 is 19.1 Å². The van der Waals surface area contributed by atoms with Gasteiger partial charge in [-0.25, -0.2) is 9.78 Å². The van der Waals surface area contributed by atoms with E-state index in [9.17, 15) is 14.4 Å². The monoisotopic (exact) mass is 673 g/mol. The maximum Gasteiger partial charge on any atom is 0.414 e. The predicted octanol–water partition coefficient (Wildman–Crippen LogP) is 7.10. The first kappa shape index (κ1) is 39.8. The Bertz CT molecular complexity index is 1550. The predicted molar refractivity (Wildman–Crippen MR) is 196 cm³/mol. The summed E-state index contributed by atoms with van der Waals surface area (Å²) < 4.78 is 5.43. The number of thiazole rings is 1. The van der Waals surface area contributed by atoms with Crippen molar-refractivity contribution in [2.45, 2.75) is 53.1 Å². The number of aromatic nitrogens is 1. The summed E-state index contributed by atoms with van der Waals surface area (Å²) in [5.74, 6) is 0.650. The molecule has 10 heteroatoms. The molecule has 2 amide bonds. The molecule has 0 radical (unpaired) electrons. The lowest BCUT2D eigenvalue weighted by molar-refractivity contribution is 0.0953. The van der Waals surface area contributed by atoms with Gasteiger partial charge in [-0.1, -0.05) is 67.9 Å². The summed E-state index contributed by atoms with van der Waals surface area (Å²) in [7, 11) is 7.40. The van der Waals surface area contributed by atoms with Gasteiger partial charge in [-0.05, 0) is 82.2 Å². The average Bonchev–Trinajstić information content (AvgIpc) is 3.46. The highest BCUT2D eigenvalue weighted by molar-refractivity contribution is 7.09. The second kappa shape index (κ2) is 21.5. The van der Waals surface area contributed by atoms with Crippen LogP contribution in [0.15, 0.2) is 78.2 Å². The minimum atomic E-state index is -0.408. The van der Waals surface area contributed by atoms with Gasteiger partial charge in [-0.15, -0.1) is 11.3 Å². The van der Waals surface area contributed by atoms with E-state index in [4.69, 9.17) is 4.74 Å². The van der Waals surface area contributed by atoms with Crippen LogP contribution in [0.1, 0.15) is 74.3 Å². The van der Waals surface area contributed by atoms with E-state index in [2.05, 4.69) is 79.0 Å². The van der Waals surface area contributed by atoms with E-state index in [0.29, 0.717) is 42.4 Å². The summed E-state index contributed by atoms with van der Waals surface area (Å²) in [4.78, 5) is 42.7. The van der Waals surface area contributed by atoms with E-state index < -0.39 is 6.09 Å². The molecule has 1 aromatic heterocycles. The lowest BCUT2D eigenvalue weighted by Crippen LogP contribution is -2.27. The van der Waals surface area contributed by atoms with Crippen molar-refractivity contribution in [2.75, 3.05) is 41.3 Å². The molecule has 48 heavy (non-hydrogen) atoms. The molecule has 4 aromatic rings. The summed E-state index contributed by atoms with van der Waals surface area (Å²) in [6.07, 6.45) is 1.07. The van der Waals surface area contributed by atoms with Crippen molar-refractivity contribution in [3.8, 4) is 5.75 Å². The Morgan fingerprint density at radius 2 is 1.67 bits per heavy atom. The van der Waals surface area contributed by atoms with Crippen LogP contribution in [0, 0.1) is 13.8 Å². The first-order valence-corrected chi connectivity index (χ1v) is 16.9. The van der Waals surface area contributed by atoms with E-state index in [1.54, 1.807) is 49.7 Å². The van der Waals surface area contributed by atoms with Crippen LogP contribution in [0.3, 0.4) is 0 Å². The minimum Gasteiger partial charge on any atom is -0.410 e. The molecule has 0 fully saturated rings. The number of hydrogen-bond donors (Lipinski definition) is 2. The van der Waals surface area contributed by atoms with Crippen LogP contribution >= 0.6 is 11.3 Å². The minimum absolute atomic E-state index is 0.194. The van der Waals surface area contributed by atoms with Gasteiger partial charge in [0.25, 0.3) is 5.91 Å². The molecule has 1 heterocycles. The van der Waals surface area contributed by atoms with Crippen molar-refractivity contribution in [2.24, 2.45) is 0 Å². The Hall–Kier alpha value is -4.38. The number of rotatable bonds is 12. The van der Waals surface area contributed by atoms with Gasteiger partial charge in [0, 0.05) is 55.9 Å². The Labute approximate surface area is 290 Å². The Kier molecular flexibility index (Phi) is 17.8. The molecule has 0 spiro atoms. The number of hydrogen-bond acceptors (Lipinski definition) is 8. The van der Waals surface area contributed by atoms with Gasteiger partial charge in [-0.3, -0.25) is 9.59 Å². The molecule has 0 atom stereocenters. The zero-order valence-corrected chi connectivity index (χ0v) is 30.4. The number of nitrogens with zero attached hydrogens (tertiary/aromatic N) is 3. The lowest BCUT2D eigenvalue weighted by Gasteiger charge is -2.15. The lowest BCUT2D eigenvalue weighted by atomic mass is 10.0. The van der Waals surface area contributed by atoms with E-state index in [-0.39, 0.29) is 5.91 Å². The fourth-order valence-electron chi connectivity index (χ4n) is 4.16. The molecule has 0 unspecified atom stereocenters. The van der Waals surface area contributed by atoms with Crippen LogP contribution in [0.4, 0.5) is 4.79 Å². The van der Waals surface area contributed by atoms with E-state index in [1.807, 2.05) is 37.3 Å². The summed E-state index contributed by atoms with van der Waals surface area (Å²) in [6.45, 7) is 11.1. The fourth-order valence-corrected chi connectivity index (χ4v) is 5.04. The van der Waals surface area contributed by atoms with E-state index >= 15 is 0 Å². The standard InChI is InChI=1S/C24H31N3O4.C7H12N2S.C7H8/c1-17(2)21-12-19(13-22(14-21)31-24(30)27(3)4)15-25-9-6-10-26-23(29)20-8-5-7-18(11-20)16-28;1-6-5-10-7(8-6)4-9(2)3;1-7-5-3-2-4-6-7/h5,7-8,11-14,16-17,25H,6,9-10,15H2,1-4H3,(H,26,29);5H,4H2,1-3H3;2-6H,1H3. The quantitative estimate of drug-likeness (QED) is 0.122. The number of carbonyl (C=O) groups is 3. The molecule has 3 aromatic carbocycles. The van der Waals surface area contributed by atoms with Gasteiger partial charge in [-0.2, -0.15) is 0 Å². The second-order valence-corrected chi connectivity index (χ2v) is 13.1. The molecule has 0 saturated heterocycles. The molecular weight excluding hydrogens is 623 g/mol. The molecule has 2 N–H and O–H groups in total. The highest BCUT2D eigenvalue weighted by Crippen LogP contribution is 2.23. The molecule has 258 valence electrons. The first-order chi connectivity index (χ1) is 22.9. The van der Waals surface area contributed by atoms with E-state index in [1.165, 1.54) is 15.5 Å². The highest BCUT2D eigenvalue weighted by Gasteiger charge is 2.11. The van der Waals surface area contributed by atoms with Crippen LogP contribution in [0.25, 0.3) is 0 Å². The van der Waals surface area contributed by atoms with Crippen LogP contribution in [0.2, 0.25) is 0 Å². The number of aldehydes is 1. The van der Waals surface area contributed by atoms with Crippen molar-refractivity contribution >= 4 is 29.6 Å². The zero-order valence-electron chi connectivity index (χ0n) is 29.6. The third-order valence-corrected chi connectivity index (χ3v) is 7.67. The molecule has 0 aliphatic carbocycles. The van der Waals surface area contributed by atoms with Crippen LogP contribution in [-0.2, 0) is 13.1 Å². The van der Waals surface area contributed by atoms with Gasteiger partial charge in [0.2, 0.25) is 0 Å². The SMILES string of the molecule is CC(C)c1cc(CNCCCNC(=O)c2cccc(C=O)c2)cc(OC(=O)N(C)C)c1.Cc1ccccc1.Cc1csc(CN(C)C)n1. The fraction of sp³-hybridized carbons (Fsp3) is 0.368. The molecule has 0 aliphatic heterocycles. The number of carbonyl (C=O) groups excluding carboxylic acids is 3. The van der Waals surface area contributed by atoms with Crippen molar-refractivity contribution in [1.82, 2.24) is 25.4 Å². The molecule has 9 nitrogen and oxygen atoms in total. The summed E-state index contributed by atoms with van der Waals surface area (Å²) in [5, 5.41) is 9.49. The van der Waals surface area contributed by atoms with Crippen LogP contribution in [0.5, 0.6) is 5.75 Å². The molecule has 4 rings (SSSR count). The molecule has 0 bridgehead atoms. The maximum absolute atomic E-state index is 12.1.